The second-order valence-corrected chi connectivity index (χ2v) is 5.95. The van der Waals surface area contributed by atoms with E-state index in [4.69, 9.17) is 20.9 Å². The van der Waals surface area contributed by atoms with Crippen molar-refractivity contribution < 1.29 is 9.47 Å². The van der Waals surface area contributed by atoms with E-state index in [1.54, 1.807) is 14.2 Å². The van der Waals surface area contributed by atoms with Gasteiger partial charge in [-0.25, -0.2) is 4.99 Å². The predicted octanol–water partition coefficient (Wildman–Crippen LogP) is 1.86. The Morgan fingerprint density at radius 1 is 1.04 bits per heavy atom. The molecule has 1 aliphatic rings. The fourth-order valence-electron chi connectivity index (χ4n) is 2.82. The van der Waals surface area contributed by atoms with Crippen molar-refractivity contribution >= 4 is 11.7 Å². The van der Waals surface area contributed by atoms with Crippen LogP contribution in [0.15, 0.2) is 59.6 Å². The van der Waals surface area contributed by atoms with Crippen LogP contribution in [-0.2, 0) is 6.42 Å². The molecule has 1 atom stereocenters. The lowest BCUT2D eigenvalue weighted by Gasteiger charge is -2.32. The summed E-state index contributed by atoms with van der Waals surface area (Å²) in [4.78, 5) is 4.38. The maximum absolute atomic E-state index is 6.54. The molecule has 0 saturated carbocycles. The molecule has 6 nitrogen and oxygen atoms in total. The minimum atomic E-state index is -0.834. The van der Waals surface area contributed by atoms with Crippen molar-refractivity contribution in [2.45, 2.75) is 12.1 Å². The van der Waals surface area contributed by atoms with Crippen LogP contribution in [0.25, 0.3) is 5.70 Å². The van der Waals surface area contributed by atoms with Gasteiger partial charge >= 0.3 is 0 Å². The Balaban J connectivity index is 1.89. The van der Waals surface area contributed by atoms with Crippen LogP contribution in [0.5, 0.6) is 11.5 Å². The van der Waals surface area contributed by atoms with Crippen LogP contribution in [-0.4, -0.2) is 25.8 Å². The van der Waals surface area contributed by atoms with Gasteiger partial charge < -0.3 is 26.3 Å². The molecule has 0 bridgehead atoms. The second-order valence-electron chi connectivity index (χ2n) is 5.95. The molecule has 1 heterocycles. The fraction of sp³-hybridized carbons (Fsp3) is 0.211. The molecule has 0 saturated heterocycles. The van der Waals surface area contributed by atoms with Gasteiger partial charge in [-0.15, -0.1) is 0 Å². The van der Waals surface area contributed by atoms with Gasteiger partial charge in [-0.2, -0.15) is 0 Å². The Bertz CT molecular complexity index is 814. The molecule has 0 aliphatic carbocycles. The number of aliphatic imine (C=N–C) groups is 1. The van der Waals surface area contributed by atoms with Gasteiger partial charge in [-0.3, -0.25) is 0 Å². The summed E-state index contributed by atoms with van der Waals surface area (Å²) in [6, 6.07) is 15.4. The molecule has 2 aromatic carbocycles. The van der Waals surface area contributed by atoms with Crippen LogP contribution in [0.3, 0.4) is 0 Å². The van der Waals surface area contributed by atoms with Gasteiger partial charge in [0.1, 0.15) is 17.2 Å². The third-order valence-electron chi connectivity index (χ3n) is 4.02. The van der Waals surface area contributed by atoms with Gasteiger partial charge in [-0.1, -0.05) is 24.3 Å². The van der Waals surface area contributed by atoms with Gasteiger partial charge in [-0.05, 0) is 35.9 Å². The first kappa shape index (κ1) is 16.9. The molecular weight excluding hydrogens is 316 g/mol. The number of rotatable bonds is 5. The van der Waals surface area contributed by atoms with E-state index in [0.29, 0.717) is 12.1 Å². The summed E-state index contributed by atoms with van der Waals surface area (Å²) in [6.45, 7) is 0. The van der Waals surface area contributed by atoms with Crippen LogP contribution in [0.2, 0.25) is 0 Å². The Morgan fingerprint density at radius 2 is 1.76 bits per heavy atom. The zero-order valence-electron chi connectivity index (χ0n) is 14.3. The lowest BCUT2D eigenvalue weighted by Crippen LogP contribution is -2.59. The van der Waals surface area contributed by atoms with Crippen molar-refractivity contribution in [2.75, 3.05) is 14.2 Å². The highest BCUT2D eigenvalue weighted by molar-refractivity contribution is 5.88. The van der Waals surface area contributed by atoms with E-state index < -0.39 is 5.66 Å². The standard InChI is InChI=1S/C19H22N4O2/c1-24-15-8-6-13(7-9-15)11-19(21)12-17(22-18(20)23-19)14-4-3-5-16(10-14)25-2/h3-10,12H,11,21H2,1-2H3,(H3,20,22,23). The number of ether oxygens (including phenoxy) is 2. The molecule has 0 fully saturated rings. The zero-order chi connectivity index (χ0) is 17.9. The molecule has 0 aromatic heterocycles. The van der Waals surface area contributed by atoms with Crippen LogP contribution < -0.4 is 26.3 Å². The first-order valence-electron chi connectivity index (χ1n) is 7.93. The number of hydrogen-bond acceptors (Lipinski definition) is 6. The summed E-state index contributed by atoms with van der Waals surface area (Å²) in [7, 11) is 3.27. The molecule has 2 aromatic rings. The van der Waals surface area contributed by atoms with Crippen molar-refractivity contribution in [3.05, 3.63) is 65.7 Å². The van der Waals surface area contributed by atoms with Crippen molar-refractivity contribution in [1.29, 1.82) is 0 Å². The lowest BCUT2D eigenvalue weighted by molar-refractivity contribution is 0.414. The van der Waals surface area contributed by atoms with E-state index >= 15 is 0 Å². The number of nitrogens with zero attached hydrogens (tertiary/aromatic N) is 1. The number of nitrogens with two attached hydrogens (primary N) is 2. The van der Waals surface area contributed by atoms with Gasteiger partial charge in [0, 0.05) is 12.0 Å². The average Bonchev–Trinajstić information content (AvgIpc) is 2.61. The molecule has 0 radical (unpaired) electrons. The van der Waals surface area contributed by atoms with Gasteiger partial charge in [0.25, 0.3) is 0 Å². The minimum absolute atomic E-state index is 0.288. The van der Waals surface area contributed by atoms with Crippen molar-refractivity contribution in [1.82, 2.24) is 5.32 Å². The number of benzene rings is 2. The monoisotopic (exact) mass is 338 g/mol. The van der Waals surface area contributed by atoms with E-state index in [1.807, 2.05) is 54.6 Å². The Hall–Kier alpha value is -2.99. The van der Waals surface area contributed by atoms with E-state index in [0.717, 1.165) is 22.6 Å². The van der Waals surface area contributed by atoms with Crippen LogP contribution in [0.1, 0.15) is 11.1 Å². The minimum Gasteiger partial charge on any atom is -0.497 e. The smallest absolute Gasteiger partial charge is 0.195 e. The quantitative estimate of drug-likeness (QED) is 0.773. The summed E-state index contributed by atoms with van der Waals surface area (Å²) in [5, 5.41) is 3.06. The summed E-state index contributed by atoms with van der Waals surface area (Å²) in [5.74, 6) is 1.85. The molecule has 0 spiro atoms. The van der Waals surface area contributed by atoms with Crippen molar-refractivity contribution in [2.24, 2.45) is 16.5 Å². The summed E-state index contributed by atoms with van der Waals surface area (Å²) >= 11 is 0. The Kier molecular flexibility index (Phi) is 4.63. The first-order valence-corrected chi connectivity index (χ1v) is 7.93. The van der Waals surface area contributed by atoms with Gasteiger partial charge in [0.15, 0.2) is 5.96 Å². The van der Waals surface area contributed by atoms with E-state index in [-0.39, 0.29) is 5.96 Å². The third-order valence-corrected chi connectivity index (χ3v) is 4.02. The maximum atomic E-state index is 6.54. The van der Waals surface area contributed by atoms with Gasteiger partial charge in [0.05, 0.1) is 19.9 Å². The molecule has 130 valence electrons. The summed E-state index contributed by atoms with van der Waals surface area (Å²) in [6.07, 6.45) is 2.45. The molecule has 1 aliphatic heterocycles. The van der Waals surface area contributed by atoms with Crippen LogP contribution in [0, 0.1) is 0 Å². The highest BCUT2D eigenvalue weighted by atomic mass is 16.5. The Labute approximate surface area is 147 Å². The van der Waals surface area contributed by atoms with Crippen molar-refractivity contribution in [3.8, 4) is 11.5 Å². The molecule has 25 heavy (non-hydrogen) atoms. The molecule has 1 unspecified atom stereocenters. The number of hydrogen-bond donors (Lipinski definition) is 3. The van der Waals surface area contributed by atoms with Crippen LogP contribution in [0.4, 0.5) is 0 Å². The molecule has 0 amide bonds. The molecule has 5 N–H and O–H groups in total. The van der Waals surface area contributed by atoms with E-state index in [1.165, 1.54) is 0 Å². The van der Waals surface area contributed by atoms with E-state index in [2.05, 4.69) is 10.3 Å². The first-order chi connectivity index (χ1) is 12.0. The largest absolute Gasteiger partial charge is 0.497 e. The molecule has 6 heteroatoms. The molecule has 3 rings (SSSR count). The highest BCUT2D eigenvalue weighted by Crippen LogP contribution is 2.26. The topological polar surface area (TPSA) is 94.9 Å². The number of guanidine groups is 1. The molecular formula is C19H22N4O2. The van der Waals surface area contributed by atoms with Crippen molar-refractivity contribution in [3.63, 3.8) is 0 Å². The average molecular weight is 338 g/mol. The second kappa shape index (κ2) is 6.86. The van der Waals surface area contributed by atoms with Crippen LogP contribution >= 0.6 is 0 Å². The SMILES string of the molecule is COc1ccc(CC2(N)C=C(c3cccc(OC)c3)N=C(N)N2)cc1. The summed E-state index contributed by atoms with van der Waals surface area (Å²) < 4.78 is 10.5. The normalized spacial score (nSPS) is 19.5. The fourth-order valence-corrected chi connectivity index (χ4v) is 2.82. The predicted molar refractivity (Wildman–Crippen MR) is 99.3 cm³/mol. The summed E-state index contributed by atoms with van der Waals surface area (Å²) in [5.41, 5.74) is 14.4. The zero-order valence-corrected chi connectivity index (χ0v) is 14.3. The lowest BCUT2D eigenvalue weighted by atomic mass is 9.96. The maximum Gasteiger partial charge on any atom is 0.195 e. The van der Waals surface area contributed by atoms with E-state index in [9.17, 15) is 0 Å². The van der Waals surface area contributed by atoms with Gasteiger partial charge in [0.2, 0.25) is 0 Å². The highest BCUT2D eigenvalue weighted by Gasteiger charge is 2.28. The third kappa shape index (κ3) is 3.92. The number of methoxy groups -OCH3 is 2. The number of nitrogens with one attached hydrogen (secondary N) is 1. The Morgan fingerprint density at radius 3 is 2.44 bits per heavy atom.